The van der Waals surface area contributed by atoms with Crippen LogP contribution in [0.4, 0.5) is 0 Å². The lowest BCUT2D eigenvalue weighted by molar-refractivity contribution is 0.0654. The van der Waals surface area contributed by atoms with Gasteiger partial charge in [0.15, 0.2) is 4.73 Å². The minimum Gasteiger partial charge on any atom is -0.475 e. The third-order valence-corrected chi connectivity index (χ3v) is 1.68. The molecule has 0 fully saturated rings. The Kier molecular flexibility index (Phi) is 1.40. The van der Waals surface area contributed by atoms with Gasteiger partial charge in [-0.1, -0.05) is 5.16 Å². The maximum absolute atomic E-state index is 10.5. The Bertz CT molecular complexity index is 446. The van der Waals surface area contributed by atoms with Gasteiger partial charge in [0.2, 0.25) is 5.65 Å². The molecule has 0 atom stereocenters. The van der Waals surface area contributed by atoms with Gasteiger partial charge in [0.25, 0.3) is 5.76 Å². The number of nitrogens with zero attached hydrogens (tertiary/aromatic N) is 2. The summed E-state index contributed by atoms with van der Waals surface area (Å²) in [4.78, 5) is 17.0. The van der Waals surface area contributed by atoms with Crippen LogP contribution in [0.2, 0.25) is 0 Å². The molecule has 0 saturated heterocycles. The molecule has 0 unspecified atom stereocenters. The van der Waals surface area contributed by atoms with E-state index >= 15 is 0 Å². The average Bonchev–Trinajstić information content (AvgIpc) is 2.43. The Morgan fingerprint density at radius 1 is 1.67 bits per heavy atom. The highest BCUT2D eigenvalue weighted by Gasteiger charge is 2.18. The number of imidazole rings is 1. The number of halogens is 1. The Balaban J connectivity index is 2.76. The fourth-order valence-corrected chi connectivity index (χ4v) is 1.21. The van der Waals surface area contributed by atoms with Gasteiger partial charge in [-0.05, 0) is 15.9 Å². The van der Waals surface area contributed by atoms with Crippen LogP contribution in [0.15, 0.2) is 9.26 Å². The van der Waals surface area contributed by atoms with Gasteiger partial charge in [0.05, 0.1) is 0 Å². The lowest BCUT2D eigenvalue weighted by Gasteiger charge is -1.81. The molecule has 0 bridgehead atoms. The van der Waals surface area contributed by atoms with E-state index in [0.717, 1.165) is 0 Å². The zero-order valence-electron chi connectivity index (χ0n) is 5.54. The Morgan fingerprint density at radius 3 is 3.08 bits per heavy atom. The standard InChI is InChI=1S/C5H2BrN3O3/c6-5-7-1-2(4(10)11)12-9-3(1)8-5/h(H,10,11)(H,7,8,9). The van der Waals surface area contributed by atoms with Crippen LogP contribution in [0.3, 0.4) is 0 Å². The molecule has 0 spiro atoms. The third kappa shape index (κ3) is 0.900. The predicted molar refractivity (Wildman–Crippen MR) is 40.8 cm³/mol. The number of carboxylic acid groups (broad SMARTS) is 1. The fourth-order valence-electron chi connectivity index (χ4n) is 0.841. The van der Waals surface area contributed by atoms with Crippen molar-refractivity contribution in [3.8, 4) is 0 Å². The maximum atomic E-state index is 10.5. The second-order valence-corrected chi connectivity index (χ2v) is 2.79. The van der Waals surface area contributed by atoms with Gasteiger partial charge in [-0.3, -0.25) is 0 Å². The highest BCUT2D eigenvalue weighted by atomic mass is 79.9. The molecule has 0 amide bonds. The van der Waals surface area contributed by atoms with Gasteiger partial charge in [0, 0.05) is 0 Å². The van der Waals surface area contributed by atoms with E-state index in [-0.39, 0.29) is 16.9 Å². The molecule has 0 radical (unpaired) electrons. The molecular formula is C5H2BrN3O3. The van der Waals surface area contributed by atoms with E-state index < -0.39 is 5.97 Å². The minimum absolute atomic E-state index is 0.233. The van der Waals surface area contributed by atoms with E-state index in [4.69, 9.17) is 5.11 Å². The van der Waals surface area contributed by atoms with Crippen LogP contribution >= 0.6 is 15.9 Å². The summed E-state index contributed by atoms with van der Waals surface area (Å²) in [6.45, 7) is 0. The van der Waals surface area contributed by atoms with Gasteiger partial charge in [-0.25, -0.2) is 4.79 Å². The number of aromatic amines is 1. The Morgan fingerprint density at radius 2 is 2.42 bits per heavy atom. The van der Waals surface area contributed by atoms with Crippen molar-refractivity contribution in [2.24, 2.45) is 0 Å². The zero-order chi connectivity index (χ0) is 8.72. The van der Waals surface area contributed by atoms with E-state index in [2.05, 4.69) is 35.6 Å². The molecule has 62 valence electrons. The second kappa shape index (κ2) is 2.31. The van der Waals surface area contributed by atoms with Crippen molar-refractivity contribution in [3.63, 3.8) is 0 Å². The number of carbonyl (C=O) groups is 1. The summed E-state index contributed by atoms with van der Waals surface area (Å²) in [5.74, 6) is -1.41. The zero-order valence-corrected chi connectivity index (χ0v) is 7.12. The molecule has 2 aromatic rings. The largest absolute Gasteiger partial charge is 0.475 e. The van der Waals surface area contributed by atoms with Crippen molar-refractivity contribution in [1.82, 2.24) is 15.1 Å². The number of nitrogens with one attached hydrogen (secondary N) is 1. The van der Waals surface area contributed by atoms with E-state index in [1.54, 1.807) is 0 Å². The summed E-state index contributed by atoms with van der Waals surface area (Å²) in [5, 5.41) is 12.0. The summed E-state index contributed by atoms with van der Waals surface area (Å²) < 4.78 is 4.94. The summed E-state index contributed by atoms with van der Waals surface area (Å²) in [6, 6.07) is 0. The Hall–Kier alpha value is -1.37. The number of fused-ring (bicyclic) bond motifs is 1. The van der Waals surface area contributed by atoms with Crippen LogP contribution in [0.1, 0.15) is 10.6 Å². The fraction of sp³-hybridized carbons (Fsp3) is 0. The molecule has 0 aliphatic heterocycles. The average molecular weight is 232 g/mol. The number of H-pyrrole nitrogens is 1. The van der Waals surface area contributed by atoms with Crippen LogP contribution in [-0.2, 0) is 0 Å². The Labute approximate surface area is 73.7 Å². The second-order valence-electron chi connectivity index (χ2n) is 2.04. The first kappa shape index (κ1) is 7.29. The van der Waals surface area contributed by atoms with Crippen molar-refractivity contribution in [3.05, 3.63) is 10.5 Å². The lowest BCUT2D eigenvalue weighted by Crippen LogP contribution is -1.93. The van der Waals surface area contributed by atoms with Gasteiger partial charge >= 0.3 is 5.97 Å². The van der Waals surface area contributed by atoms with Gasteiger partial charge in [-0.15, -0.1) is 0 Å². The highest BCUT2D eigenvalue weighted by molar-refractivity contribution is 9.10. The topological polar surface area (TPSA) is 92.0 Å². The van der Waals surface area contributed by atoms with Gasteiger partial charge in [0.1, 0.15) is 5.52 Å². The molecule has 0 aromatic carbocycles. The lowest BCUT2D eigenvalue weighted by atomic mass is 10.4. The van der Waals surface area contributed by atoms with Crippen LogP contribution in [0, 0.1) is 0 Å². The van der Waals surface area contributed by atoms with E-state index in [9.17, 15) is 4.79 Å². The maximum Gasteiger partial charge on any atom is 0.377 e. The number of carboxylic acids is 1. The van der Waals surface area contributed by atoms with Crippen molar-refractivity contribution in [2.75, 3.05) is 0 Å². The van der Waals surface area contributed by atoms with Crippen molar-refractivity contribution in [2.45, 2.75) is 0 Å². The van der Waals surface area contributed by atoms with Crippen LogP contribution < -0.4 is 0 Å². The highest BCUT2D eigenvalue weighted by Crippen LogP contribution is 2.17. The van der Waals surface area contributed by atoms with E-state index in [0.29, 0.717) is 4.73 Å². The van der Waals surface area contributed by atoms with E-state index in [1.807, 2.05) is 0 Å². The van der Waals surface area contributed by atoms with Crippen molar-refractivity contribution in [1.29, 1.82) is 0 Å². The third-order valence-electron chi connectivity index (χ3n) is 1.30. The summed E-state index contributed by atoms with van der Waals surface area (Å²) in [6.07, 6.45) is 0. The number of hydrogen-bond donors (Lipinski definition) is 2. The molecule has 12 heavy (non-hydrogen) atoms. The molecular weight excluding hydrogens is 230 g/mol. The molecule has 0 aliphatic rings. The van der Waals surface area contributed by atoms with Gasteiger partial charge < -0.3 is 14.6 Å². The molecule has 6 nitrogen and oxygen atoms in total. The summed E-state index contributed by atoms with van der Waals surface area (Å²) in [7, 11) is 0. The number of aromatic nitrogens is 3. The quantitative estimate of drug-likeness (QED) is 0.765. The van der Waals surface area contributed by atoms with Gasteiger partial charge in [-0.2, -0.15) is 4.98 Å². The van der Waals surface area contributed by atoms with E-state index in [1.165, 1.54) is 0 Å². The minimum atomic E-state index is -1.17. The SMILES string of the molecule is O=C(O)c1onc2nc(Br)[nH]c12. The molecule has 0 saturated carbocycles. The van der Waals surface area contributed by atoms with Crippen LogP contribution in [-0.4, -0.2) is 26.2 Å². The molecule has 2 aromatic heterocycles. The monoisotopic (exact) mass is 231 g/mol. The number of hydrogen-bond acceptors (Lipinski definition) is 4. The first-order chi connectivity index (χ1) is 5.68. The molecule has 7 heteroatoms. The normalized spacial score (nSPS) is 10.8. The van der Waals surface area contributed by atoms with Crippen molar-refractivity contribution >= 4 is 33.1 Å². The first-order valence-corrected chi connectivity index (χ1v) is 3.72. The molecule has 0 aliphatic carbocycles. The molecule has 2 rings (SSSR count). The van der Waals surface area contributed by atoms with Crippen molar-refractivity contribution < 1.29 is 14.4 Å². The first-order valence-electron chi connectivity index (χ1n) is 2.92. The smallest absolute Gasteiger partial charge is 0.377 e. The molecule has 2 heterocycles. The summed E-state index contributed by atoms with van der Waals surface area (Å²) in [5.41, 5.74) is 0.536. The molecule has 2 N–H and O–H groups in total. The summed E-state index contributed by atoms with van der Waals surface area (Å²) >= 11 is 3.05. The van der Waals surface area contributed by atoms with Crippen LogP contribution in [0.5, 0.6) is 0 Å². The van der Waals surface area contributed by atoms with Crippen LogP contribution in [0.25, 0.3) is 11.2 Å². The number of aromatic carboxylic acids is 1. The number of rotatable bonds is 1. The predicted octanol–water partition coefficient (Wildman–Crippen LogP) is 1.01.